The predicted octanol–water partition coefficient (Wildman–Crippen LogP) is 4.21. The Morgan fingerprint density at radius 1 is 1.13 bits per heavy atom. The van der Waals surface area contributed by atoms with Crippen molar-refractivity contribution in [1.82, 2.24) is 10.2 Å². The van der Waals surface area contributed by atoms with Crippen molar-refractivity contribution in [3.05, 3.63) is 70.9 Å². The van der Waals surface area contributed by atoms with Crippen molar-refractivity contribution < 1.29 is 18.7 Å². The number of carbonyl (C=O) groups is 2. The molecular formula is C21H17FN4O3S. The van der Waals surface area contributed by atoms with Crippen molar-refractivity contribution in [1.29, 1.82) is 0 Å². The van der Waals surface area contributed by atoms with Gasteiger partial charge in [-0.3, -0.25) is 14.7 Å². The number of benzene rings is 2. The number of hydrogen-bond donors (Lipinski definition) is 3. The van der Waals surface area contributed by atoms with Crippen LogP contribution in [0.5, 0.6) is 5.75 Å². The second-order valence-electron chi connectivity index (χ2n) is 6.42. The van der Waals surface area contributed by atoms with Gasteiger partial charge in [0.15, 0.2) is 0 Å². The number of thiophene rings is 1. The standard InChI is InChI=1S/C21H17FN4O3S/c1-29-17-5-3-2-4-15(17)20(28)24-19-16-10-14(30-21(16)26-25-19)11-18(27)23-13-8-6-12(22)7-9-13/h2-10H,11H2,1H3,(H,23,27)(H2,24,25,26,28). The number of aromatic amines is 1. The lowest BCUT2D eigenvalue weighted by Crippen LogP contribution is -2.14. The molecule has 0 aliphatic rings. The van der Waals surface area contributed by atoms with Crippen molar-refractivity contribution >= 4 is 44.9 Å². The van der Waals surface area contributed by atoms with E-state index in [4.69, 9.17) is 4.74 Å². The Morgan fingerprint density at radius 3 is 2.67 bits per heavy atom. The van der Waals surface area contributed by atoms with E-state index in [1.165, 1.54) is 42.7 Å². The number of hydrogen-bond acceptors (Lipinski definition) is 5. The van der Waals surface area contributed by atoms with Crippen LogP contribution < -0.4 is 15.4 Å². The van der Waals surface area contributed by atoms with Crippen molar-refractivity contribution in [2.24, 2.45) is 0 Å². The molecule has 7 nitrogen and oxygen atoms in total. The van der Waals surface area contributed by atoms with Gasteiger partial charge >= 0.3 is 0 Å². The zero-order valence-electron chi connectivity index (χ0n) is 15.9. The topological polar surface area (TPSA) is 96.1 Å². The van der Waals surface area contributed by atoms with E-state index in [0.29, 0.717) is 33.0 Å². The molecule has 0 aliphatic carbocycles. The van der Waals surface area contributed by atoms with Crippen LogP contribution in [0.2, 0.25) is 0 Å². The minimum Gasteiger partial charge on any atom is -0.496 e. The number of para-hydroxylation sites is 1. The Morgan fingerprint density at radius 2 is 1.90 bits per heavy atom. The lowest BCUT2D eigenvalue weighted by molar-refractivity contribution is -0.115. The number of anilines is 2. The first kappa shape index (κ1) is 19.6. The van der Waals surface area contributed by atoms with Crippen LogP contribution in [0.1, 0.15) is 15.2 Å². The average molecular weight is 424 g/mol. The van der Waals surface area contributed by atoms with Crippen LogP contribution in [-0.2, 0) is 11.2 Å². The van der Waals surface area contributed by atoms with Crippen LogP contribution in [0, 0.1) is 5.82 Å². The fraction of sp³-hybridized carbons (Fsp3) is 0.0952. The van der Waals surface area contributed by atoms with E-state index in [1.807, 2.05) is 6.07 Å². The third kappa shape index (κ3) is 4.15. The van der Waals surface area contributed by atoms with Gasteiger partial charge in [-0.05, 0) is 42.5 Å². The molecule has 4 rings (SSSR count). The fourth-order valence-corrected chi connectivity index (χ4v) is 3.94. The predicted molar refractivity (Wildman–Crippen MR) is 114 cm³/mol. The number of nitrogens with one attached hydrogen (secondary N) is 3. The number of ether oxygens (including phenoxy) is 1. The van der Waals surface area contributed by atoms with Crippen LogP contribution >= 0.6 is 11.3 Å². The normalized spacial score (nSPS) is 10.7. The van der Waals surface area contributed by atoms with Gasteiger partial charge < -0.3 is 15.4 Å². The highest BCUT2D eigenvalue weighted by Crippen LogP contribution is 2.30. The summed E-state index contributed by atoms with van der Waals surface area (Å²) >= 11 is 1.35. The van der Waals surface area contributed by atoms with Gasteiger partial charge in [-0.2, -0.15) is 5.10 Å². The molecule has 0 saturated heterocycles. The molecule has 0 unspecified atom stereocenters. The zero-order chi connectivity index (χ0) is 21.1. The Balaban J connectivity index is 1.47. The molecular weight excluding hydrogens is 407 g/mol. The summed E-state index contributed by atoms with van der Waals surface area (Å²) in [5.41, 5.74) is 0.921. The molecule has 2 aromatic heterocycles. The summed E-state index contributed by atoms with van der Waals surface area (Å²) in [4.78, 5) is 26.4. The van der Waals surface area contributed by atoms with Crippen LogP contribution in [0.4, 0.5) is 15.9 Å². The third-order valence-corrected chi connectivity index (χ3v) is 5.38. The molecule has 4 aromatic rings. The summed E-state index contributed by atoms with van der Waals surface area (Å²) in [5, 5.41) is 13.3. The SMILES string of the molecule is COc1ccccc1C(=O)Nc1[nH]nc2sc(CC(=O)Nc3ccc(F)cc3)cc12. The van der Waals surface area contributed by atoms with Crippen LogP contribution in [-0.4, -0.2) is 29.1 Å². The molecule has 9 heteroatoms. The smallest absolute Gasteiger partial charge is 0.260 e. The van der Waals surface area contributed by atoms with Crippen molar-refractivity contribution in [2.45, 2.75) is 6.42 Å². The molecule has 2 aromatic carbocycles. The highest BCUT2D eigenvalue weighted by atomic mass is 32.1. The number of fused-ring (bicyclic) bond motifs is 1. The minimum absolute atomic E-state index is 0.137. The largest absolute Gasteiger partial charge is 0.496 e. The molecule has 30 heavy (non-hydrogen) atoms. The van der Waals surface area contributed by atoms with Crippen molar-refractivity contribution in [3.8, 4) is 5.75 Å². The maximum Gasteiger partial charge on any atom is 0.260 e. The van der Waals surface area contributed by atoms with Gasteiger partial charge in [0.25, 0.3) is 5.91 Å². The first-order valence-electron chi connectivity index (χ1n) is 9.00. The second-order valence-corrected chi connectivity index (χ2v) is 7.53. The quantitative estimate of drug-likeness (QED) is 0.432. The molecule has 0 aliphatic heterocycles. The van der Waals surface area contributed by atoms with Crippen LogP contribution in [0.25, 0.3) is 10.2 Å². The highest BCUT2D eigenvalue weighted by Gasteiger charge is 2.17. The number of amides is 2. The van der Waals surface area contributed by atoms with E-state index < -0.39 is 0 Å². The van der Waals surface area contributed by atoms with E-state index in [-0.39, 0.29) is 24.1 Å². The molecule has 0 fully saturated rings. The molecule has 0 spiro atoms. The van der Waals surface area contributed by atoms with Gasteiger partial charge in [0, 0.05) is 10.6 Å². The Kier molecular flexibility index (Phi) is 5.44. The molecule has 0 saturated carbocycles. The van der Waals surface area contributed by atoms with Crippen LogP contribution in [0.15, 0.2) is 54.6 Å². The summed E-state index contributed by atoms with van der Waals surface area (Å²) in [5.74, 6) is -0.0134. The van der Waals surface area contributed by atoms with Crippen molar-refractivity contribution in [2.75, 3.05) is 17.7 Å². The molecule has 2 heterocycles. The number of H-pyrrole nitrogens is 1. The van der Waals surface area contributed by atoms with Gasteiger partial charge in [0.1, 0.15) is 22.2 Å². The Bertz CT molecular complexity index is 1220. The van der Waals surface area contributed by atoms with Crippen LogP contribution in [0.3, 0.4) is 0 Å². The summed E-state index contributed by atoms with van der Waals surface area (Å²) in [7, 11) is 1.50. The van der Waals surface area contributed by atoms with Gasteiger partial charge in [0.2, 0.25) is 5.91 Å². The Hall–Kier alpha value is -3.72. The lowest BCUT2D eigenvalue weighted by Gasteiger charge is -2.07. The van der Waals surface area contributed by atoms with Gasteiger partial charge in [-0.25, -0.2) is 4.39 Å². The molecule has 0 bridgehead atoms. The molecule has 0 atom stereocenters. The summed E-state index contributed by atoms with van der Waals surface area (Å²) in [6, 6.07) is 14.3. The van der Waals surface area contributed by atoms with E-state index in [1.54, 1.807) is 24.3 Å². The van der Waals surface area contributed by atoms with Crippen molar-refractivity contribution in [3.63, 3.8) is 0 Å². The number of rotatable bonds is 6. The molecule has 152 valence electrons. The molecule has 3 N–H and O–H groups in total. The highest BCUT2D eigenvalue weighted by molar-refractivity contribution is 7.18. The number of methoxy groups -OCH3 is 1. The summed E-state index contributed by atoms with van der Waals surface area (Å²) in [6.45, 7) is 0. The lowest BCUT2D eigenvalue weighted by atomic mass is 10.2. The first-order valence-corrected chi connectivity index (χ1v) is 9.81. The van der Waals surface area contributed by atoms with Gasteiger partial charge in [-0.1, -0.05) is 12.1 Å². The monoisotopic (exact) mass is 424 g/mol. The Labute approximate surface area is 174 Å². The minimum atomic E-state index is -0.366. The maximum atomic E-state index is 13.0. The van der Waals surface area contributed by atoms with E-state index >= 15 is 0 Å². The fourth-order valence-electron chi connectivity index (χ4n) is 2.95. The number of aromatic nitrogens is 2. The zero-order valence-corrected chi connectivity index (χ0v) is 16.7. The number of halogens is 1. The van der Waals surface area contributed by atoms with Gasteiger partial charge in [0.05, 0.1) is 24.5 Å². The maximum absolute atomic E-state index is 13.0. The average Bonchev–Trinajstić information content (AvgIpc) is 3.30. The number of nitrogens with zero attached hydrogens (tertiary/aromatic N) is 1. The molecule has 2 amide bonds. The molecule has 0 radical (unpaired) electrons. The van der Waals surface area contributed by atoms with E-state index in [2.05, 4.69) is 20.8 Å². The van der Waals surface area contributed by atoms with E-state index in [0.717, 1.165) is 4.88 Å². The summed E-state index contributed by atoms with van der Waals surface area (Å²) < 4.78 is 18.2. The van der Waals surface area contributed by atoms with E-state index in [9.17, 15) is 14.0 Å². The summed E-state index contributed by atoms with van der Waals surface area (Å²) in [6.07, 6.45) is 0.137. The number of carbonyl (C=O) groups excluding carboxylic acids is 2. The van der Waals surface area contributed by atoms with Gasteiger partial charge in [-0.15, -0.1) is 11.3 Å². The third-order valence-electron chi connectivity index (χ3n) is 4.35. The first-order chi connectivity index (χ1) is 14.5. The second kappa shape index (κ2) is 8.34.